The first kappa shape index (κ1) is 13.1. The second-order valence-corrected chi connectivity index (χ2v) is 4.90. The monoisotopic (exact) mass is 306 g/mol. The van der Waals surface area contributed by atoms with Crippen LogP contribution in [0, 0.1) is 0 Å². The predicted octanol–water partition coefficient (Wildman–Crippen LogP) is 2.97. The Kier molecular flexibility index (Phi) is 4.73. The molecule has 1 unspecified atom stereocenters. The van der Waals surface area contributed by atoms with Crippen molar-refractivity contribution in [3.05, 3.63) is 58.8 Å². The molecular weight excluding hydrogens is 292 g/mol. The number of rotatable bonds is 5. The van der Waals surface area contributed by atoms with Crippen molar-refractivity contribution in [2.75, 3.05) is 13.2 Å². The molecule has 0 amide bonds. The van der Waals surface area contributed by atoms with Crippen molar-refractivity contribution in [3.63, 3.8) is 0 Å². The summed E-state index contributed by atoms with van der Waals surface area (Å²) in [7, 11) is 0. The van der Waals surface area contributed by atoms with Gasteiger partial charge in [0.1, 0.15) is 5.75 Å². The lowest BCUT2D eigenvalue weighted by Crippen LogP contribution is -2.19. The van der Waals surface area contributed by atoms with Crippen LogP contribution >= 0.6 is 15.9 Å². The van der Waals surface area contributed by atoms with Gasteiger partial charge < -0.3 is 10.5 Å². The van der Waals surface area contributed by atoms with Gasteiger partial charge in [-0.1, -0.05) is 28.1 Å². The van der Waals surface area contributed by atoms with Gasteiger partial charge in [0, 0.05) is 23.1 Å². The molecule has 0 aliphatic heterocycles. The number of nitrogens with two attached hydrogens (primary N) is 1. The maximum atomic E-state index is 5.80. The van der Waals surface area contributed by atoms with Gasteiger partial charge in [-0.05, 0) is 29.8 Å². The van der Waals surface area contributed by atoms with E-state index in [2.05, 4.69) is 33.0 Å². The number of nitrogens with zero attached hydrogens (tertiary/aromatic N) is 1. The van der Waals surface area contributed by atoms with E-state index in [0.29, 0.717) is 13.2 Å². The zero-order valence-electron chi connectivity index (χ0n) is 9.92. The summed E-state index contributed by atoms with van der Waals surface area (Å²) in [5.74, 6) is 0.964. The molecule has 1 heterocycles. The van der Waals surface area contributed by atoms with Gasteiger partial charge in [-0.3, -0.25) is 4.98 Å². The van der Waals surface area contributed by atoms with Crippen LogP contribution in [0.3, 0.4) is 0 Å². The van der Waals surface area contributed by atoms with E-state index in [4.69, 9.17) is 10.5 Å². The Hall–Kier alpha value is -1.39. The highest BCUT2D eigenvalue weighted by Crippen LogP contribution is 2.19. The Morgan fingerprint density at radius 1 is 1.22 bits per heavy atom. The number of halogens is 1. The van der Waals surface area contributed by atoms with Crippen LogP contribution in [0.15, 0.2) is 53.3 Å². The van der Waals surface area contributed by atoms with E-state index in [0.717, 1.165) is 10.2 Å². The van der Waals surface area contributed by atoms with Gasteiger partial charge in [0.25, 0.3) is 0 Å². The summed E-state index contributed by atoms with van der Waals surface area (Å²) in [6, 6.07) is 11.9. The maximum Gasteiger partial charge on any atom is 0.137 e. The minimum atomic E-state index is 0.193. The maximum absolute atomic E-state index is 5.80. The van der Waals surface area contributed by atoms with Gasteiger partial charge in [0.05, 0.1) is 12.8 Å². The van der Waals surface area contributed by atoms with E-state index >= 15 is 0 Å². The average Bonchev–Trinajstić information content (AvgIpc) is 2.42. The highest BCUT2D eigenvalue weighted by atomic mass is 79.9. The van der Waals surface area contributed by atoms with Gasteiger partial charge in [-0.15, -0.1) is 0 Å². The van der Waals surface area contributed by atoms with Crippen LogP contribution in [-0.2, 0) is 0 Å². The number of aromatic nitrogens is 1. The molecule has 0 aliphatic rings. The Morgan fingerprint density at radius 2 is 2.00 bits per heavy atom. The molecule has 0 aliphatic carbocycles. The van der Waals surface area contributed by atoms with Crippen LogP contribution in [0.5, 0.6) is 5.75 Å². The molecule has 0 saturated heterocycles. The lowest BCUT2D eigenvalue weighted by molar-refractivity contribution is 0.289. The lowest BCUT2D eigenvalue weighted by atomic mass is 10.0. The van der Waals surface area contributed by atoms with Crippen molar-refractivity contribution in [1.82, 2.24) is 4.98 Å². The van der Waals surface area contributed by atoms with Crippen molar-refractivity contribution in [2.24, 2.45) is 5.73 Å². The molecule has 0 bridgehead atoms. The van der Waals surface area contributed by atoms with E-state index in [1.54, 1.807) is 12.4 Å². The fourth-order valence-corrected chi connectivity index (χ4v) is 1.93. The zero-order chi connectivity index (χ0) is 12.8. The largest absolute Gasteiger partial charge is 0.491 e. The van der Waals surface area contributed by atoms with Crippen molar-refractivity contribution < 1.29 is 4.74 Å². The first-order valence-corrected chi connectivity index (χ1v) is 6.57. The summed E-state index contributed by atoms with van der Waals surface area (Å²) in [5.41, 5.74) is 6.98. The molecule has 1 aromatic carbocycles. The van der Waals surface area contributed by atoms with Crippen LogP contribution in [0.25, 0.3) is 0 Å². The molecule has 4 heteroatoms. The molecule has 1 atom stereocenters. The van der Waals surface area contributed by atoms with Gasteiger partial charge >= 0.3 is 0 Å². The molecule has 0 spiro atoms. The Morgan fingerprint density at radius 3 is 2.61 bits per heavy atom. The minimum absolute atomic E-state index is 0.193. The summed E-state index contributed by atoms with van der Waals surface area (Å²) in [5, 5.41) is 0. The van der Waals surface area contributed by atoms with Gasteiger partial charge in [-0.25, -0.2) is 0 Å². The second kappa shape index (κ2) is 6.52. The Balaban J connectivity index is 1.99. The Bertz CT molecular complexity index is 473. The standard InChI is InChI=1S/C14H15BrN2O/c15-13-5-3-11(4-6-13)12(8-16)10-18-14-2-1-7-17-9-14/h1-7,9,12H,8,10,16H2. The number of pyridine rings is 1. The molecule has 1 aromatic heterocycles. The summed E-state index contributed by atoms with van der Waals surface area (Å²) in [4.78, 5) is 4.01. The Labute approximate surface area is 115 Å². The number of hydrogen-bond donors (Lipinski definition) is 1. The highest BCUT2D eigenvalue weighted by molar-refractivity contribution is 9.10. The third kappa shape index (κ3) is 3.55. The summed E-state index contributed by atoms with van der Waals surface area (Å²) in [6.07, 6.45) is 3.43. The van der Waals surface area contributed by atoms with Gasteiger partial charge in [0.15, 0.2) is 0 Å². The van der Waals surface area contributed by atoms with E-state index in [1.165, 1.54) is 5.56 Å². The first-order valence-electron chi connectivity index (χ1n) is 5.78. The highest BCUT2D eigenvalue weighted by Gasteiger charge is 2.10. The van der Waals surface area contributed by atoms with Crippen LogP contribution < -0.4 is 10.5 Å². The smallest absolute Gasteiger partial charge is 0.137 e. The third-order valence-corrected chi connectivity index (χ3v) is 3.24. The topological polar surface area (TPSA) is 48.1 Å². The molecule has 94 valence electrons. The van der Waals surface area contributed by atoms with E-state index in [1.807, 2.05) is 24.3 Å². The molecule has 0 radical (unpaired) electrons. The number of ether oxygens (including phenoxy) is 1. The molecule has 3 nitrogen and oxygen atoms in total. The second-order valence-electron chi connectivity index (χ2n) is 3.98. The fourth-order valence-electron chi connectivity index (χ4n) is 1.66. The van der Waals surface area contributed by atoms with Crippen molar-refractivity contribution in [2.45, 2.75) is 5.92 Å². The fraction of sp³-hybridized carbons (Fsp3) is 0.214. The number of benzene rings is 1. The SMILES string of the molecule is NCC(COc1cccnc1)c1ccc(Br)cc1. The van der Waals surface area contributed by atoms with Crippen molar-refractivity contribution >= 4 is 15.9 Å². The minimum Gasteiger partial charge on any atom is -0.491 e. The normalized spacial score (nSPS) is 12.1. The number of hydrogen-bond acceptors (Lipinski definition) is 3. The third-order valence-electron chi connectivity index (χ3n) is 2.71. The van der Waals surface area contributed by atoms with Crippen LogP contribution in [0.2, 0.25) is 0 Å². The van der Waals surface area contributed by atoms with Crippen molar-refractivity contribution in [1.29, 1.82) is 0 Å². The van der Waals surface area contributed by atoms with Gasteiger partial charge in [0.2, 0.25) is 0 Å². The van der Waals surface area contributed by atoms with E-state index in [-0.39, 0.29) is 5.92 Å². The predicted molar refractivity (Wildman–Crippen MR) is 75.7 cm³/mol. The molecule has 0 saturated carbocycles. The molecule has 2 aromatic rings. The zero-order valence-corrected chi connectivity index (χ0v) is 11.5. The molecule has 2 rings (SSSR count). The van der Waals surface area contributed by atoms with E-state index in [9.17, 15) is 0 Å². The van der Waals surface area contributed by atoms with Crippen LogP contribution in [0.4, 0.5) is 0 Å². The quantitative estimate of drug-likeness (QED) is 0.924. The lowest BCUT2D eigenvalue weighted by Gasteiger charge is -2.16. The molecular formula is C14H15BrN2O. The average molecular weight is 307 g/mol. The molecule has 18 heavy (non-hydrogen) atoms. The van der Waals surface area contributed by atoms with Gasteiger partial charge in [-0.2, -0.15) is 0 Å². The summed E-state index contributed by atoms with van der Waals surface area (Å²) < 4.78 is 6.75. The molecule has 2 N–H and O–H groups in total. The van der Waals surface area contributed by atoms with Crippen molar-refractivity contribution in [3.8, 4) is 5.75 Å². The summed E-state index contributed by atoms with van der Waals surface area (Å²) in [6.45, 7) is 1.12. The van der Waals surface area contributed by atoms with Crippen LogP contribution in [0.1, 0.15) is 11.5 Å². The first-order chi connectivity index (χ1) is 8.79. The van der Waals surface area contributed by atoms with Crippen LogP contribution in [-0.4, -0.2) is 18.1 Å². The van der Waals surface area contributed by atoms with E-state index < -0.39 is 0 Å². The summed E-state index contributed by atoms with van der Waals surface area (Å²) >= 11 is 3.42. The molecule has 0 fully saturated rings.